The van der Waals surface area contributed by atoms with Crippen LogP contribution in [0.25, 0.3) is 6.08 Å². The second-order valence-corrected chi connectivity index (χ2v) is 4.91. The SMILES string of the molecule is CC(=O)NCCC=Cc1ccc(Oc2ccc(N)cc2)cc1. The second kappa shape index (κ2) is 7.88. The van der Waals surface area contributed by atoms with Crippen molar-refractivity contribution in [3.63, 3.8) is 0 Å². The molecule has 0 saturated heterocycles. The maximum absolute atomic E-state index is 10.7. The fourth-order valence-corrected chi connectivity index (χ4v) is 1.87. The van der Waals surface area contributed by atoms with Crippen molar-refractivity contribution in [1.82, 2.24) is 5.32 Å². The number of benzene rings is 2. The van der Waals surface area contributed by atoms with Gasteiger partial charge in [-0.15, -0.1) is 0 Å². The average Bonchev–Trinajstić information content (AvgIpc) is 2.50. The van der Waals surface area contributed by atoms with E-state index in [2.05, 4.69) is 5.32 Å². The fraction of sp³-hybridized carbons (Fsp3) is 0.167. The summed E-state index contributed by atoms with van der Waals surface area (Å²) in [6.45, 7) is 2.17. The third-order valence-corrected chi connectivity index (χ3v) is 2.99. The monoisotopic (exact) mass is 296 g/mol. The lowest BCUT2D eigenvalue weighted by molar-refractivity contribution is -0.118. The van der Waals surface area contributed by atoms with Crippen LogP contribution in [0.4, 0.5) is 5.69 Å². The van der Waals surface area contributed by atoms with E-state index in [0.717, 1.165) is 23.5 Å². The summed E-state index contributed by atoms with van der Waals surface area (Å²) in [5.41, 5.74) is 7.44. The number of nitrogen functional groups attached to an aromatic ring is 1. The zero-order valence-electron chi connectivity index (χ0n) is 12.6. The lowest BCUT2D eigenvalue weighted by Gasteiger charge is -2.06. The minimum Gasteiger partial charge on any atom is -0.457 e. The molecule has 1 amide bonds. The summed E-state index contributed by atoms with van der Waals surface area (Å²) in [6, 6.07) is 15.1. The Morgan fingerprint density at radius 3 is 2.27 bits per heavy atom. The number of amides is 1. The van der Waals surface area contributed by atoms with Crippen LogP contribution in [0.15, 0.2) is 54.6 Å². The average molecular weight is 296 g/mol. The van der Waals surface area contributed by atoms with E-state index in [1.807, 2.05) is 60.7 Å². The van der Waals surface area contributed by atoms with Crippen LogP contribution in [0.2, 0.25) is 0 Å². The molecule has 0 aliphatic rings. The number of ether oxygens (including phenoxy) is 1. The lowest BCUT2D eigenvalue weighted by Crippen LogP contribution is -2.20. The van der Waals surface area contributed by atoms with E-state index in [1.165, 1.54) is 6.92 Å². The molecule has 2 aromatic rings. The van der Waals surface area contributed by atoms with Crippen molar-refractivity contribution >= 4 is 17.7 Å². The van der Waals surface area contributed by atoms with Crippen molar-refractivity contribution in [3.8, 4) is 11.5 Å². The normalized spacial score (nSPS) is 10.6. The van der Waals surface area contributed by atoms with Crippen LogP contribution in [-0.4, -0.2) is 12.5 Å². The maximum Gasteiger partial charge on any atom is 0.216 e. The lowest BCUT2D eigenvalue weighted by atomic mass is 10.2. The first kappa shape index (κ1) is 15.6. The van der Waals surface area contributed by atoms with Gasteiger partial charge in [0.2, 0.25) is 5.91 Å². The number of carbonyl (C=O) groups excluding carboxylic acids is 1. The minimum absolute atomic E-state index is 0.00225. The van der Waals surface area contributed by atoms with Gasteiger partial charge in [0.15, 0.2) is 0 Å². The Bertz CT molecular complexity index is 631. The van der Waals surface area contributed by atoms with Gasteiger partial charge in [-0.05, 0) is 48.4 Å². The predicted octanol–water partition coefficient (Wildman–Crippen LogP) is 3.60. The highest BCUT2D eigenvalue weighted by molar-refractivity contribution is 5.72. The molecule has 0 bridgehead atoms. The van der Waals surface area contributed by atoms with E-state index >= 15 is 0 Å². The highest BCUT2D eigenvalue weighted by Gasteiger charge is 1.97. The minimum atomic E-state index is -0.00225. The summed E-state index contributed by atoms with van der Waals surface area (Å²) in [7, 11) is 0. The van der Waals surface area contributed by atoms with Crippen LogP contribution >= 0.6 is 0 Å². The first-order valence-corrected chi connectivity index (χ1v) is 7.18. The van der Waals surface area contributed by atoms with Crippen molar-refractivity contribution in [2.45, 2.75) is 13.3 Å². The van der Waals surface area contributed by atoms with E-state index < -0.39 is 0 Å². The van der Waals surface area contributed by atoms with Crippen LogP contribution in [0.1, 0.15) is 18.9 Å². The first-order chi connectivity index (χ1) is 10.6. The molecular formula is C18H20N2O2. The Hall–Kier alpha value is -2.75. The Balaban J connectivity index is 1.86. The number of anilines is 1. The molecular weight excluding hydrogens is 276 g/mol. The zero-order valence-corrected chi connectivity index (χ0v) is 12.6. The van der Waals surface area contributed by atoms with Crippen LogP contribution in [0.3, 0.4) is 0 Å². The van der Waals surface area contributed by atoms with Gasteiger partial charge in [-0.25, -0.2) is 0 Å². The van der Waals surface area contributed by atoms with Crippen molar-refractivity contribution in [2.24, 2.45) is 0 Å². The molecule has 4 heteroatoms. The van der Waals surface area contributed by atoms with Crippen LogP contribution in [0, 0.1) is 0 Å². The molecule has 114 valence electrons. The van der Waals surface area contributed by atoms with Crippen LogP contribution < -0.4 is 15.8 Å². The van der Waals surface area contributed by atoms with Crippen molar-refractivity contribution in [3.05, 3.63) is 60.2 Å². The standard InChI is InChI=1S/C18H20N2O2/c1-14(21)20-13-3-2-4-15-5-9-17(10-6-15)22-18-11-7-16(19)8-12-18/h2,4-12H,3,13,19H2,1H3,(H,20,21). The molecule has 0 saturated carbocycles. The third-order valence-electron chi connectivity index (χ3n) is 2.99. The second-order valence-electron chi connectivity index (χ2n) is 4.91. The molecule has 0 spiro atoms. The number of rotatable bonds is 6. The number of carbonyl (C=O) groups is 1. The van der Waals surface area contributed by atoms with Crippen molar-refractivity contribution < 1.29 is 9.53 Å². The first-order valence-electron chi connectivity index (χ1n) is 7.18. The van der Waals surface area contributed by atoms with Gasteiger partial charge in [0.05, 0.1) is 0 Å². The van der Waals surface area contributed by atoms with Crippen LogP contribution in [-0.2, 0) is 4.79 Å². The van der Waals surface area contributed by atoms with Crippen molar-refractivity contribution in [1.29, 1.82) is 0 Å². The number of hydrogen-bond acceptors (Lipinski definition) is 3. The molecule has 22 heavy (non-hydrogen) atoms. The van der Waals surface area contributed by atoms with E-state index in [-0.39, 0.29) is 5.91 Å². The van der Waals surface area contributed by atoms with E-state index in [1.54, 1.807) is 0 Å². The fourth-order valence-electron chi connectivity index (χ4n) is 1.87. The molecule has 0 heterocycles. The highest BCUT2D eigenvalue weighted by atomic mass is 16.5. The largest absolute Gasteiger partial charge is 0.457 e. The smallest absolute Gasteiger partial charge is 0.216 e. The van der Waals surface area contributed by atoms with Gasteiger partial charge < -0.3 is 15.8 Å². The molecule has 3 N–H and O–H groups in total. The third kappa shape index (κ3) is 5.32. The molecule has 0 radical (unpaired) electrons. The van der Waals surface area contributed by atoms with Gasteiger partial charge in [-0.1, -0.05) is 24.3 Å². The summed E-state index contributed by atoms with van der Waals surface area (Å²) >= 11 is 0. The maximum atomic E-state index is 10.7. The summed E-state index contributed by atoms with van der Waals surface area (Å²) in [5, 5.41) is 2.75. The zero-order chi connectivity index (χ0) is 15.8. The Labute approximate surface area is 130 Å². The molecule has 2 aromatic carbocycles. The van der Waals surface area contributed by atoms with Gasteiger partial charge in [-0.2, -0.15) is 0 Å². The molecule has 0 unspecified atom stereocenters. The predicted molar refractivity (Wildman–Crippen MR) is 89.7 cm³/mol. The molecule has 2 rings (SSSR count). The molecule has 0 fully saturated rings. The molecule has 0 aliphatic heterocycles. The van der Waals surface area contributed by atoms with Gasteiger partial charge in [0.1, 0.15) is 11.5 Å². The Morgan fingerprint density at radius 2 is 1.68 bits per heavy atom. The molecule has 4 nitrogen and oxygen atoms in total. The Morgan fingerprint density at radius 1 is 1.09 bits per heavy atom. The summed E-state index contributed by atoms with van der Waals surface area (Å²) < 4.78 is 5.73. The van der Waals surface area contributed by atoms with E-state index in [4.69, 9.17) is 10.5 Å². The summed E-state index contributed by atoms with van der Waals surface area (Å²) in [6.07, 6.45) is 4.86. The van der Waals surface area contributed by atoms with E-state index in [0.29, 0.717) is 12.2 Å². The number of nitrogens with two attached hydrogens (primary N) is 1. The van der Waals surface area contributed by atoms with Gasteiger partial charge in [-0.3, -0.25) is 4.79 Å². The van der Waals surface area contributed by atoms with Crippen molar-refractivity contribution in [2.75, 3.05) is 12.3 Å². The quantitative estimate of drug-likeness (QED) is 0.632. The van der Waals surface area contributed by atoms with Gasteiger partial charge >= 0.3 is 0 Å². The summed E-state index contributed by atoms with van der Waals surface area (Å²) in [5.74, 6) is 1.53. The molecule has 0 aliphatic carbocycles. The highest BCUT2D eigenvalue weighted by Crippen LogP contribution is 2.22. The molecule has 0 aromatic heterocycles. The summed E-state index contributed by atoms with van der Waals surface area (Å²) in [4.78, 5) is 10.7. The number of hydrogen-bond donors (Lipinski definition) is 2. The topological polar surface area (TPSA) is 64.3 Å². The Kier molecular flexibility index (Phi) is 5.60. The van der Waals surface area contributed by atoms with Crippen LogP contribution in [0.5, 0.6) is 11.5 Å². The molecule has 0 atom stereocenters. The van der Waals surface area contributed by atoms with Gasteiger partial charge in [0.25, 0.3) is 0 Å². The van der Waals surface area contributed by atoms with Gasteiger partial charge in [0, 0.05) is 19.2 Å². The van der Waals surface area contributed by atoms with E-state index in [9.17, 15) is 4.79 Å². The number of nitrogens with one attached hydrogen (secondary N) is 1.